The zero-order chi connectivity index (χ0) is 25.9. The third-order valence-corrected chi connectivity index (χ3v) is 7.09. The second-order valence-electron chi connectivity index (χ2n) is 9.83. The summed E-state index contributed by atoms with van der Waals surface area (Å²) in [5, 5.41) is 6.27. The molecule has 10 heteroatoms. The quantitative estimate of drug-likeness (QED) is 0.645. The number of benzene rings is 2. The van der Waals surface area contributed by atoms with Gasteiger partial charge < -0.3 is 25.3 Å². The van der Waals surface area contributed by atoms with Crippen molar-refractivity contribution in [1.29, 1.82) is 0 Å². The van der Waals surface area contributed by atoms with E-state index in [-0.39, 0.29) is 23.3 Å². The van der Waals surface area contributed by atoms with Gasteiger partial charge in [0.2, 0.25) is 5.91 Å². The maximum absolute atomic E-state index is 13.7. The lowest BCUT2D eigenvalue weighted by Crippen LogP contribution is -2.46. The lowest BCUT2D eigenvalue weighted by Gasteiger charge is -2.29. The zero-order valence-electron chi connectivity index (χ0n) is 20.6. The van der Waals surface area contributed by atoms with Crippen molar-refractivity contribution >= 4 is 29.1 Å². The molecule has 196 valence electrons. The maximum Gasteiger partial charge on any atom is 0.254 e. The van der Waals surface area contributed by atoms with Crippen molar-refractivity contribution in [2.45, 2.75) is 19.3 Å². The van der Waals surface area contributed by atoms with Crippen LogP contribution >= 0.6 is 0 Å². The molecule has 3 amide bonds. The number of anilines is 2. The molecule has 2 saturated heterocycles. The molecular weight excluding hydrogens is 480 g/mol. The Morgan fingerprint density at radius 2 is 1.46 bits per heavy atom. The van der Waals surface area contributed by atoms with Crippen molar-refractivity contribution in [1.82, 2.24) is 15.1 Å². The largest absolute Gasteiger partial charge is 0.368 e. The van der Waals surface area contributed by atoms with Gasteiger partial charge in [0.05, 0.1) is 11.4 Å². The lowest BCUT2D eigenvalue weighted by molar-refractivity contribution is -0.117. The highest BCUT2D eigenvalue weighted by atomic mass is 19.1. The van der Waals surface area contributed by atoms with Crippen LogP contribution in [0.1, 0.15) is 40.0 Å². The molecule has 2 aromatic rings. The van der Waals surface area contributed by atoms with Gasteiger partial charge in [-0.05, 0) is 49.6 Å². The number of amides is 3. The lowest BCUT2D eigenvalue weighted by atomic mass is 10.1. The van der Waals surface area contributed by atoms with E-state index in [9.17, 15) is 23.2 Å². The molecule has 2 aromatic carbocycles. The second-order valence-corrected chi connectivity index (χ2v) is 9.83. The zero-order valence-corrected chi connectivity index (χ0v) is 20.6. The smallest absolute Gasteiger partial charge is 0.254 e. The molecule has 5 rings (SSSR count). The van der Waals surface area contributed by atoms with Crippen LogP contribution in [0, 0.1) is 17.6 Å². The van der Waals surface area contributed by atoms with Crippen molar-refractivity contribution < 1.29 is 23.2 Å². The van der Waals surface area contributed by atoms with Gasteiger partial charge in [0.15, 0.2) is 0 Å². The molecule has 0 aromatic heterocycles. The Hall–Kier alpha value is -3.53. The third-order valence-electron chi connectivity index (χ3n) is 7.09. The van der Waals surface area contributed by atoms with Crippen molar-refractivity contribution in [3.05, 3.63) is 59.2 Å². The minimum absolute atomic E-state index is 0.00397. The van der Waals surface area contributed by atoms with E-state index in [0.717, 1.165) is 49.8 Å². The highest BCUT2D eigenvalue weighted by Crippen LogP contribution is 2.34. The highest BCUT2D eigenvalue weighted by molar-refractivity contribution is 6.01. The van der Waals surface area contributed by atoms with Crippen LogP contribution in [-0.4, -0.2) is 79.9 Å². The number of rotatable bonds is 5. The van der Waals surface area contributed by atoms with Gasteiger partial charge in [0.1, 0.15) is 11.6 Å². The number of carbonyl (C=O) groups excluding carboxylic acids is 3. The predicted molar refractivity (Wildman–Crippen MR) is 136 cm³/mol. The van der Waals surface area contributed by atoms with E-state index in [4.69, 9.17) is 0 Å². The SMILES string of the molecule is O=C(Nc1cc(C(=O)N2CCNCC2)ccc1N1CCCN(C(=O)c2cc(F)cc(F)c2)CC1)C1CC1. The van der Waals surface area contributed by atoms with Crippen LogP contribution in [0.25, 0.3) is 0 Å². The van der Waals surface area contributed by atoms with Crippen LogP contribution in [0.15, 0.2) is 36.4 Å². The molecule has 3 aliphatic rings. The van der Waals surface area contributed by atoms with Gasteiger partial charge in [-0.25, -0.2) is 8.78 Å². The van der Waals surface area contributed by atoms with Crippen LogP contribution in [-0.2, 0) is 4.79 Å². The molecule has 1 aliphatic carbocycles. The fourth-order valence-electron chi connectivity index (χ4n) is 4.90. The summed E-state index contributed by atoms with van der Waals surface area (Å²) in [4.78, 5) is 44.2. The van der Waals surface area contributed by atoms with Crippen LogP contribution in [0.2, 0.25) is 0 Å². The molecular formula is C27H31F2N5O3. The van der Waals surface area contributed by atoms with Crippen molar-refractivity contribution in [3.63, 3.8) is 0 Å². The summed E-state index contributed by atoms with van der Waals surface area (Å²) in [6.07, 6.45) is 2.37. The molecule has 2 heterocycles. The standard InChI is InChI=1S/C27H31F2N5O3/c28-21-14-20(15-22(29)17-21)27(37)33-9-1-8-32(12-13-33)24-5-4-19(26(36)34-10-6-30-7-11-34)16-23(24)31-25(35)18-2-3-18/h4-5,14-18,30H,1-3,6-13H2,(H,31,35). The Kier molecular flexibility index (Phi) is 7.36. The third kappa shape index (κ3) is 5.90. The number of nitrogens with one attached hydrogen (secondary N) is 2. The molecule has 0 atom stereocenters. The molecule has 8 nitrogen and oxygen atoms in total. The molecule has 0 radical (unpaired) electrons. The van der Waals surface area contributed by atoms with E-state index < -0.39 is 17.5 Å². The summed E-state index contributed by atoms with van der Waals surface area (Å²) in [6.45, 7) is 4.66. The summed E-state index contributed by atoms with van der Waals surface area (Å²) < 4.78 is 27.3. The number of halogens is 2. The number of hydrogen-bond donors (Lipinski definition) is 2. The minimum Gasteiger partial charge on any atom is -0.368 e. The molecule has 1 saturated carbocycles. The Bertz CT molecular complexity index is 1180. The first kappa shape index (κ1) is 25.1. The van der Waals surface area contributed by atoms with E-state index in [0.29, 0.717) is 56.9 Å². The van der Waals surface area contributed by atoms with Gasteiger partial charge in [-0.15, -0.1) is 0 Å². The van der Waals surface area contributed by atoms with Crippen molar-refractivity contribution in [2.24, 2.45) is 5.92 Å². The monoisotopic (exact) mass is 511 g/mol. The van der Waals surface area contributed by atoms with E-state index >= 15 is 0 Å². The first-order valence-corrected chi connectivity index (χ1v) is 12.8. The summed E-state index contributed by atoms with van der Waals surface area (Å²) >= 11 is 0. The van der Waals surface area contributed by atoms with Crippen LogP contribution in [0.5, 0.6) is 0 Å². The fraction of sp³-hybridized carbons (Fsp3) is 0.444. The number of nitrogens with zero attached hydrogens (tertiary/aromatic N) is 3. The van der Waals surface area contributed by atoms with Crippen LogP contribution < -0.4 is 15.5 Å². The second kappa shape index (κ2) is 10.8. The van der Waals surface area contributed by atoms with Gasteiger partial charge in [0.25, 0.3) is 11.8 Å². The summed E-state index contributed by atoms with van der Waals surface area (Å²) in [7, 11) is 0. The van der Waals surface area contributed by atoms with E-state index in [1.165, 1.54) is 0 Å². The van der Waals surface area contributed by atoms with E-state index in [2.05, 4.69) is 15.5 Å². The average molecular weight is 512 g/mol. The molecule has 0 unspecified atom stereocenters. The maximum atomic E-state index is 13.7. The topological polar surface area (TPSA) is 85.0 Å². The predicted octanol–water partition coefficient (Wildman–Crippen LogP) is 2.71. The molecule has 2 aliphatic heterocycles. The summed E-state index contributed by atoms with van der Waals surface area (Å²) in [5.41, 5.74) is 1.89. The van der Waals surface area contributed by atoms with E-state index in [1.54, 1.807) is 17.0 Å². The Morgan fingerprint density at radius 3 is 2.16 bits per heavy atom. The van der Waals surface area contributed by atoms with Gasteiger partial charge >= 0.3 is 0 Å². The highest BCUT2D eigenvalue weighted by Gasteiger charge is 2.31. The number of hydrogen-bond acceptors (Lipinski definition) is 5. The van der Waals surface area contributed by atoms with Gasteiger partial charge in [-0.2, -0.15) is 0 Å². The molecule has 37 heavy (non-hydrogen) atoms. The number of carbonyl (C=O) groups is 3. The summed E-state index contributed by atoms with van der Waals surface area (Å²) in [5.74, 6) is -2.10. The van der Waals surface area contributed by atoms with Gasteiger partial charge in [-0.3, -0.25) is 14.4 Å². The normalized spacial score (nSPS) is 18.4. The molecule has 3 fully saturated rings. The molecule has 2 N–H and O–H groups in total. The Labute approximate surface area is 214 Å². The Morgan fingerprint density at radius 1 is 0.784 bits per heavy atom. The van der Waals surface area contributed by atoms with Crippen LogP contribution in [0.4, 0.5) is 20.2 Å². The van der Waals surface area contributed by atoms with E-state index in [1.807, 2.05) is 11.0 Å². The molecule has 0 spiro atoms. The van der Waals surface area contributed by atoms with Gasteiger partial charge in [0, 0.05) is 75.5 Å². The molecule has 0 bridgehead atoms. The van der Waals surface area contributed by atoms with Crippen molar-refractivity contribution in [3.8, 4) is 0 Å². The average Bonchev–Trinajstić information content (AvgIpc) is 3.75. The van der Waals surface area contributed by atoms with Crippen LogP contribution in [0.3, 0.4) is 0 Å². The van der Waals surface area contributed by atoms with Gasteiger partial charge in [-0.1, -0.05) is 0 Å². The first-order valence-electron chi connectivity index (χ1n) is 12.8. The minimum atomic E-state index is -0.786. The fourth-order valence-corrected chi connectivity index (χ4v) is 4.90. The number of piperazine rings is 1. The van der Waals surface area contributed by atoms with Crippen molar-refractivity contribution in [2.75, 3.05) is 62.6 Å². The Balaban J connectivity index is 1.35. The first-order chi connectivity index (χ1) is 17.9. The summed E-state index contributed by atoms with van der Waals surface area (Å²) in [6, 6.07) is 8.24.